The normalized spacial score (nSPS) is 10.8. The van der Waals surface area contributed by atoms with Gasteiger partial charge in [0.25, 0.3) is 0 Å². The molecule has 37 heavy (non-hydrogen) atoms. The third-order valence-electron chi connectivity index (χ3n) is 5.28. The maximum absolute atomic E-state index is 14.9. The number of nitrogens with two attached hydrogens (primary N) is 1. The molecule has 3 aromatic carbocycles. The summed E-state index contributed by atoms with van der Waals surface area (Å²) in [6.45, 7) is 7.85. The lowest BCUT2D eigenvalue weighted by Crippen LogP contribution is -2.28. The first kappa shape index (κ1) is 29.1. The van der Waals surface area contributed by atoms with Gasteiger partial charge in [0.1, 0.15) is 12.4 Å². The van der Waals surface area contributed by atoms with Crippen LogP contribution in [-0.2, 0) is 16.1 Å². The summed E-state index contributed by atoms with van der Waals surface area (Å²) in [7, 11) is 0. The molecule has 0 fully saturated rings. The van der Waals surface area contributed by atoms with Gasteiger partial charge in [-0.15, -0.1) is 0 Å². The molecule has 3 N–H and O–H groups in total. The molecule has 0 spiro atoms. The first-order valence-electron chi connectivity index (χ1n) is 12.4. The van der Waals surface area contributed by atoms with Crippen LogP contribution >= 0.6 is 0 Å². The zero-order chi connectivity index (χ0) is 27.2. The molecule has 0 aliphatic carbocycles. The fourth-order valence-corrected chi connectivity index (χ4v) is 3.52. The van der Waals surface area contributed by atoms with Gasteiger partial charge in [-0.1, -0.05) is 64.1 Å². The van der Waals surface area contributed by atoms with Gasteiger partial charge in [0, 0.05) is 35.6 Å². The van der Waals surface area contributed by atoms with Crippen molar-refractivity contribution in [2.24, 2.45) is 5.73 Å². The lowest BCUT2D eigenvalue weighted by Gasteiger charge is -2.17. The van der Waals surface area contributed by atoms with E-state index >= 15 is 0 Å². The molecule has 7 heteroatoms. The van der Waals surface area contributed by atoms with Crippen molar-refractivity contribution in [2.75, 3.05) is 11.9 Å². The number of carbonyl (C=O) groups excluding carboxylic acids is 2. The standard InChI is InChI=1S/C26H22FN3O3.2C2H6/c27-24-12-17(16-33-26(32)18-4-2-1-3-5-18)6-9-22(24)23(14-28)25(31)30-21-8-7-20-15-29-11-10-19(20)13-21;2*1-2/h1-13,15,23H,14,16,28H2,(H,30,31);2*1-2H3. The van der Waals surface area contributed by atoms with E-state index in [1.807, 2.05) is 45.9 Å². The number of aromatic nitrogens is 1. The van der Waals surface area contributed by atoms with Crippen LogP contribution in [0.5, 0.6) is 0 Å². The molecule has 6 nitrogen and oxygen atoms in total. The Bertz CT molecular complexity index is 1300. The average Bonchev–Trinajstić information content (AvgIpc) is 2.95. The Morgan fingerprint density at radius 2 is 1.68 bits per heavy atom. The van der Waals surface area contributed by atoms with E-state index < -0.39 is 23.6 Å². The van der Waals surface area contributed by atoms with E-state index in [4.69, 9.17) is 10.5 Å². The maximum atomic E-state index is 14.9. The monoisotopic (exact) mass is 503 g/mol. The van der Waals surface area contributed by atoms with Gasteiger partial charge >= 0.3 is 5.97 Å². The van der Waals surface area contributed by atoms with Crippen LogP contribution in [0.4, 0.5) is 10.1 Å². The Labute approximate surface area is 217 Å². The molecule has 0 radical (unpaired) electrons. The van der Waals surface area contributed by atoms with Crippen molar-refractivity contribution in [3.05, 3.63) is 108 Å². The van der Waals surface area contributed by atoms with Gasteiger partial charge in [0.05, 0.1) is 11.5 Å². The SMILES string of the molecule is CC.CC.NCC(C(=O)Nc1ccc2cnccc2c1)c1ccc(COC(=O)c2ccccc2)cc1F. The van der Waals surface area contributed by atoms with Crippen molar-refractivity contribution >= 4 is 28.3 Å². The highest BCUT2D eigenvalue weighted by molar-refractivity contribution is 5.98. The average molecular weight is 504 g/mol. The summed E-state index contributed by atoms with van der Waals surface area (Å²) in [6.07, 6.45) is 3.41. The third kappa shape index (κ3) is 7.95. The van der Waals surface area contributed by atoms with E-state index in [9.17, 15) is 14.0 Å². The first-order chi connectivity index (χ1) is 18.0. The molecule has 0 saturated heterocycles. The van der Waals surface area contributed by atoms with Crippen molar-refractivity contribution in [3.8, 4) is 0 Å². The smallest absolute Gasteiger partial charge is 0.338 e. The number of nitrogens with one attached hydrogen (secondary N) is 1. The summed E-state index contributed by atoms with van der Waals surface area (Å²) < 4.78 is 20.1. The summed E-state index contributed by atoms with van der Waals surface area (Å²) in [5, 5.41) is 4.68. The van der Waals surface area contributed by atoms with Gasteiger partial charge in [-0.2, -0.15) is 0 Å². The number of pyridine rings is 1. The molecule has 1 unspecified atom stereocenters. The first-order valence-corrected chi connectivity index (χ1v) is 12.4. The third-order valence-corrected chi connectivity index (χ3v) is 5.28. The zero-order valence-corrected chi connectivity index (χ0v) is 21.7. The Kier molecular flexibility index (Phi) is 11.9. The van der Waals surface area contributed by atoms with Crippen molar-refractivity contribution in [1.29, 1.82) is 0 Å². The minimum Gasteiger partial charge on any atom is -0.457 e. The number of ether oxygens (including phenoxy) is 1. The van der Waals surface area contributed by atoms with Crippen molar-refractivity contribution in [3.63, 3.8) is 0 Å². The highest BCUT2D eigenvalue weighted by Crippen LogP contribution is 2.24. The number of halogens is 1. The van der Waals surface area contributed by atoms with E-state index in [-0.39, 0.29) is 18.7 Å². The molecule has 0 aliphatic rings. The van der Waals surface area contributed by atoms with Crippen LogP contribution in [-0.4, -0.2) is 23.4 Å². The van der Waals surface area contributed by atoms with Crippen LogP contribution in [0.15, 0.2) is 85.2 Å². The van der Waals surface area contributed by atoms with Crippen LogP contribution in [0.1, 0.15) is 55.1 Å². The van der Waals surface area contributed by atoms with E-state index in [0.29, 0.717) is 16.8 Å². The molecule has 4 aromatic rings. The summed E-state index contributed by atoms with van der Waals surface area (Å²) >= 11 is 0. The van der Waals surface area contributed by atoms with Gasteiger partial charge < -0.3 is 15.8 Å². The van der Waals surface area contributed by atoms with Crippen molar-refractivity contribution < 1.29 is 18.7 Å². The van der Waals surface area contributed by atoms with Gasteiger partial charge in [-0.05, 0) is 47.3 Å². The Morgan fingerprint density at radius 3 is 2.35 bits per heavy atom. The van der Waals surface area contributed by atoms with Gasteiger partial charge in [0.2, 0.25) is 5.91 Å². The largest absolute Gasteiger partial charge is 0.457 e. The lowest BCUT2D eigenvalue weighted by molar-refractivity contribution is -0.117. The van der Waals surface area contributed by atoms with Gasteiger partial charge in [-0.25, -0.2) is 9.18 Å². The molecule has 0 saturated carbocycles. The second-order valence-electron chi connectivity index (χ2n) is 7.51. The molecular formula is C30H34FN3O3. The van der Waals surface area contributed by atoms with E-state index in [2.05, 4.69) is 10.3 Å². The molecule has 1 heterocycles. The van der Waals surface area contributed by atoms with Gasteiger partial charge in [0.15, 0.2) is 0 Å². The summed E-state index contributed by atoms with van der Waals surface area (Å²) in [5.74, 6) is -2.36. The highest BCUT2D eigenvalue weighted by Gasteiger charge is 2.23. The number of hydrogen-bond donors (Lipinski definition) is 2. The molecule has 0 aliphatic heterocycles. The maximum Gasteiger partial charge on any atom is 0.338 e. The number of carbonyl (C=O) groups is 2. The van der Waals surface area contributed by atoms with E-state index in [1.165, 1.54) is 12.1 Å². The number of benzene rings is 3. The van der Waals surface area contributed by atoms with Gasteiger partial charge in [-0.3, -0.25) is 9.78 Å². The summed E-state index contributed by atoms with van der Waals surface area (Å²) in [5.41, 5.74) is 7.47. The molecule has 1 aromatic heterocycles. The number of nitrogens with zero attached hydrogens (tertiary/aromatic N) is 1. The minimum absolute atomic E-state index is 0.0669. The Balaban J connectivity index is 0.00000115. The fourth-order valence-electron chi connectivity index (χ4n) is 3.52. The second-order valence-corrected chi connectivity index (χ2v) is 7.51. The van der Waals surface area contributed by atoms with Crippen LogP contribution in [0.2, 0.25) is 0 Å². The summed E-state index contributed by atoms with van der Waals surface area (Å²) in [6, 6.07) is 20.2. The minimum atomic E-state index is -0.876. The summed E-state index contributed by atoms with van der Waals surface area (Å²) in [4.78, 5) is 29.0. The topological polar surface area (TPSA) is 94.3 Å². The molecular weight excluding hydrogens is 469 g/mol. The fraction of sp³-hybridized carbons (Fsp3) is 0.233. The Hall–Kier alpha value is -4.10. The molecule has 1 amide bonds. The number of amides is 1. The zero-order valence-electron chi connectivity index (χ0n) is 21.7. The number of esters is 1. The number of anilines is 1. The Morgan fingerprint density at radius 1 is 0.946 bits per heavy atom. The second kappa shape index (κ2) is 15.1. The van der Waals surface area contributed by atoms with Crippen LogP contribution in [0.3, 0.4) is 0 Å². The van der Waals surface area contributed by atoms with Crippen LogP contribution < -0.4 is 11.1 Å². The quantitative estimate of drug-likeness (QED) is 0.282. The number of hydrogen-bond acceptors (Lipinski definition) is 5. The van der Waals surface area contributed by atoms with Crippen LogP contribution in [0, 0.1) is 5.82 Å². The number of rotatable bonds is 7. The van der Waals surface area contributed by atoms with E-state index in [0.717, 1.165) is 10.8 Å². The lowest BCUT2D eigenvalue weighted by atomic mass is 9.96. The molecule has 4 rings (SSSR count). The van der Waals surface area contributed by atoms with Crippen LogP contribution in [0.25, 0.3) is 10.8 Å². The molecule has 194 valence electrons. The van der Waals surface area contributed by atoms with E-state index in [1.54, 1.807) is 54.9 Å². The molecule has 1 atom stereocenters. The van der Waals surface area contributed by atoms with Crippen molar-refractivity contribution in [1.82, 2.24) is 4.98 Å². The molecule has 0 bridgehead atoms. The predicted molar refractivity (Wildman–Crippen MR) is 147 cm³/mol. The van der Waals surface area contributed by atoms with Crippen molar-refractivity contribution in [2.45, 2.75) is 40.2 Å². The highest BCUT2D eigenvalue weighted by atomic mass is 19.1. The number of fused-ring (bicyclic) bond motifs is 1. The predicted octanol–water partition coefficient (Wildman–Crippen LogP) is 6.46.